The largest absolute Gasteiger partial charge is 0.368 e. The van der Waals surface area contributed by atoms with Crippen LogP contribution in [-0.2, 0) is 0 Å². The van der Waals surface area contributed by atoms with Gasteiger partial charge in [-0.15, -0.1) is 0 Å². The van der Waals surface area contributed by atoms with Gasteiger partial charge in [0.25, 0.3) is 5.91 Å². The molecule has 1 saturated heterocycles. The molecule has 1 aromatic heterocycles. The number of carbonyl (C=O) groups is 1. The van der Waals surface area contributed by atoms with E-state index in [-0.39, 0.29) is 5.91 Å². The van der Waals surface area contributed by atoms with E-state index in [2.05, 4.69) is 56.3 Å². The molecular weight excluding hydrogens is 362 g/mol. The van der Waals surface area contributed by atoms with Crippen molar-refractivity contribution in [3.63, 3.8) is 0 Å². The quantitative estimate of drug-likeness (QED) is 0.740. The Morgan fingerprint density at radius 1 is 0.897 bits per heavy atom. The Hall–Kier alpha value is -3.41. The van der Waals surface area contributed by atoms with Crippen molar-refractivity contribution >= 4 is 23.1 Å². The number of aryl methyl sites for hydroxylation is 2. The molecule has 1 aliphatic rings. The molecule has 2 heterocycles. The molecule has 0 saturated carbocycles. The molecule has 6 heteroatoms. The van der Waals surface area contributed by atoms with E-state index >= 15 is 0 Å². The Kier molecular flexibility index (Phi) is 5.42. The number of nitrogens with one attached hydrogen (secondary N) is 1. The summed E-state index contributed by atoms with van der Waals surface area (Å²) in [5.41, 5.74) is 4.65. The predicted octanol–water partition coefficient (Wildman–Crippen LogP) is 3.67. The Bertz CT molecular complexity index is 994. The van der Waals surface area contributed by atoms with Gasteiger partial charge in [-0.05, 0) is 43.2 Å². The van der Waals surface area contributed by atoms with Crippen LogP contribution in [0.15, 0.2) is 60.9 Å². The maximum Gasteiger partial charge on any atom is 0.275 e. The number of rotatable bonds is 4. The third kappa shape index (κ3) is 4.37. The summed E-state index contributed by atoms with van der Waals surface area (Å²) in [5.74, 6) is 0.559. The molecule has 0 radical (unpaired) electrons. The van der Waals surface area contributed by atoms with Gasteiger partial charge in [0.1, 0.15) is 11.5 Å². The number of hydrogen-bond acceptors (Lipinski definition) is 5. The number of hydrogen-bond donors (Lipinski definition) is 1. The first-order valence-corrected chi connectivity index (χ1v) is 9.86. The van der Waals surface area contributed by atoms with Gasteiger partial charge in [-0.3, -0.25) is 4.79 Å². The molecule has 4 rings (SSSR count). The van der Waals surface area contributed by atoms with E-state index in [1.807, 2.05) is 31.2 Å². The van der Waals surface area contributed by atoms with Crippen LogP contribution in [0, 0.1) is 13.8 Å². The fraction of sp³-hybridized carbons (Fsp3) is 0.261. The molecule has 6 nitrogen and oxygen atoms in total. The average Bonchev–Trinajstić information content (AvgIpc) is 2.75. The molecule has 1 amide bonds. The molecule has 29 heavy (non-hydrogen) atoms. The minimum absolute atomic E-state index is 0.248. The second-order valence-electron chi connectivity index (χ2n) is 7.34. The van der Waals surface area contributed by atoms with Crippen molar-refractivity contribution in [1.82, 2.24) is 9.97 Å². The number of aromatic nitrogens is 2. The fourth-order valence-electron chi connectivity index (χ4n) is 3.52. The van der Waals surface area contributed by atoms with Gasteiger partial charge in [-0.25, -0.2) is 9.97 Å². The van der Waals surface area contributed by atoms with Crippen molar-refractivity contribution in [1.29, 1.82) is 0 Å². The molecule has 0 atom stereocenters. The minimum atomic E-state index is -0.248. The minimum Gasteiger partial charge on any atom is -0.368 e. The third-order valence-electron chi connectivity index (χ3n) is 5.23. The number of anilines is 3. The van der Waals surface area contributed by atoms with Crippen molar-refractivity contribution in [2.75, 3.05) is 41.3 Å². The lowest BCUT2D eigenvalue weighted by Gasteiger charge is -2.36. The van der Waals surface area contributed by atoms with Gasteiger partial charge in [0.15, 0.2) is 0 Å². The highest BCUT2D eigenvalue weighted by Gasteiger charge is 2.19. The van der Waals surface area contributed by atoms with Crippen LogP contribution < -0.4 is 15.1 Å². The standard InChI is InChI=1S/C23H25N5O/c1-17-6-5-8-19(14-17)27-10-12-28(13-11-27)22-16-24-21(15-25-22)23(29)26-20-9-4-3-7-18(20)2/h3-9,14-16H,10-13H2,1-2H3,(H,26,29). The number of nitrogens with zero attached hydrogens (tertiary/aromatic N) is 4. The van der Waals surface area contributed by atoms with Crippen molar-refractivity contribution in [2.45, 2.75) is 13.8 Å². The summed E-state index contributed by atoms with van der Waals surface area (Å²) in [6, 6.07) is 16.3. The van der Waals surface area contributed by atoms with Gasteiger partial charge >= 0.3 is 0 Å². The monoisotopic (exact) mass is 387 g/mol. The maximum atomic E-state index is 12.4. The summed E-state index contributed by atoms with van der Waals surface area (Å²) in [4.78, 5) is 25.9. The fourth-order valence-corrected chi connectivity index (χ4v) is 3.52. The first-order chi connectivity index (χ1) is 14.1. The van der Waals surface area contributed by atoms with E-state index in [1.54, 1.807) is 12.4 Å². The smallest absolute Gasteiger partial charge is 0.275 e. The SMILES string of the molecule is Cc1cccc(N2CCN(c3cnc(C(=O)Nc4ccccc4C)cn3)CC2)c1. The lowest BCUT2D eigenvalue weighted by molar-refractivity contribution is 0.102. The van der Waals surface area contributed by atoms with E-state index in [0.717, 1.165) is 43.2 Å². The molecule has 0 unspecified atom stereocenters. The van der Waals surface area contributed by atoms with Crippen LogP contribution >= 0.6 is 0 Å². The van der Waals surface area contributed by atoms with E-state index in [1.165, 1.54) is 11.3 Å². The van der Waals surface area contributed by atoms with Crippen LogP contribution in [0.25, 0.3) is 0 Å². The molecule has 148 valence electrons. The second-order valence-corrected chi connectivity index (χ2v) is 7.34. The van der Waals surface area contributed by atoms with E-state index in [0.29, 0.717) is 5.69 Å². The average molecular weight is 387 g/mol. The van der Waals surface area contributed by atoms with Crippen LogP contribution in [-0.4, -0.2) is 42.1 Å². The predicted molar refractivity (Wildman–Crippen MR) is 117 cm³/mol. The normalized spacial score (nSPS) is 14.0. The molecule has 3 aromatic rings. The van der Waals surface area contributed by atoms with Gasteiger partial charge in [0, 0.05) is 37.6 Å². The van der Waals surface area contributed by atoms with Crippen LogP contribution in [0.1, 0.15) is 21.6 Å². The lowest BCUT2D eigenvalue weighted by atomic mass is 10.2. The summed E-state index contributed by atoms with van der Waals surface area (Å²) in [6.07, 6.45) is 3.24. The highest BCUT2D eigenvalue weighted by atomic mass is 16.1. The Balaban J connectivity index is 1.37. The Morgan fingerprint density at radius 2 is 1.66 bits per heavy atom. The van der Waals surface area contributed by atoms with E-state index < -0.39 is 0 Å². The molecule has 0 bridgehead atoms. The van der Waals surface area contributed by atoms with Gasteiger partial charge < -0.3 is 15.1 Å². The van der Waals surface area contributed by atoms with Gasteiger partial charge in [0.2, 0.25) is 0 Å². The third-order valence-corrected chi connectivity index (χ3v) is 5.23. The zero-order valence-electron chi connectivity index (χ0n) is 16.8. The number of benzene rings is 2. The van der Waals surface area contributed by atoms with Crippen molar-refractivity contribution < 1.29 is 4.79 Å². The first kappa shape index (κ1) is 18.9. The van der Waals surface area contributed by atoms with Gasteiger partial charge in [-0.1, -0.05) is 30.3 Å². The number of amides is 1. The van der Waals surface area contributed by atoms with E-state index in [9.17, 15) is 4.79 Å². The first-order valence-electron chi connectivity index (χ1n) is 9.86. The molecule has 0 spiro atoms. The molecule has 0 aliphatic carbocycles. The van der Waals surface area contributed by atoms with Crippen LogP contribution in [0.3, 0.4) is 0 Å². The molecule has 1 aliphatic heterocycles. The Morgan fingerprint density at radius 3 is 2.34 bits per heavy atom. The zero-order valence-corrected chi connectivity index (χ0v) is 16.8. The van der Waals surface area contributed by atoms with Gasteiger partial charge in [-0.2, -0.15) is 0 Å². The summed E-state index contributed by atoms with van der Waals surface area (Å²) in [5, 5.41) is 2.89. The maximum absolute atomic E-state index is 12.4. The summed E-state index contributed by atoms with van der Waals surface area (Å²) < 4.78 is 0. The Labute approximate surface area is 171 Å². The summed E-state index contributed by atoms with van der Waals surface area (Å²) in [7, 11) is 0. The zero-order chi connectivity index (χ0) is 20.2. The summed E-state index contributed by atoms with van der Waals surface area (Å²) >= 11 is 0. The van der Waals surface area contributed by atoms with Gasteiger partial charge in [0.05, 0.1) is 12.4 Å². The van der Waals surface area contributed by atoms with Crippen molar-refractivity contribution in [2.24, 2.45) is 0 Å². The molecule has 2 aromatic carbocycles. The molecule has 1 N–H and O–H groups in total. The second kappa shape index (κ2) is 8.31. The highest BCUT2D eigenvalue weighted by Crippen LogP contribution is 2.20. The van der Waals surface area contributed by atoms with Crippen LogP contribution in [0.2, 0.25) is 0 Å². The van der Waals surface area contributed by atoms with Crippen molar-refractivity contribution in [3.05, 3.63) is 77.7 Å². The van der Waals surface area contributed by atoms with Crippen LogP contribution in [0.5, 0.6) is 0 Å². The van der Waals surface area contributed by atoms with E-state index in [4.69, 9.17) is 0 Å². The number of piperazine rings is 1. The highest BCUT2D eigenvalue weighted by molar-refractivity contribution is 6.03. The number of para-hydroxylation sites is 1. The summed E-state index contributed by atoms with van der Waals surface area (Å²) in [6.45, 7) is 7.68. The van der Waals surface area contributed by atoms with Crippen LogP contribution in [0.4, 0.5) is 17.2 Å². The molecular formula is C23H25N5O. The topological polar surface area (TPSA) is 61.4 Å². The lowest BCUT2D eigenvalue weighted by Crippen LogP contribution is -2.46. The van der Waals surface area contributed by atoms with Crippen molar-refractivity contribution in [3.8, 4) is 0 Å². The molecule has 1 fully saturated rings. The number of carbonyl (C=O) groups excluding carboxylic acids is 1.